The quantitative estimate of drug-likeness (QED) is 0.670. The molecular formula is C9H10Cl2N2O3. The third kappa shape index (κ3) is 3.23. The van der Waals surface area contributed by atoms with Gasteiger partial charge in [0.25, 0.3) is 0 Å². The highest BCUT2D eigenvalue weighted by molar-refractivity contribution is 6.42. The van der Waals surface area contributed by atoms with Gasteiger partial charge in [-0.2, -0.15) is 0 Å². The maximum Gasteiger partial charge on any atom is 0.312 e. The summed E-state index contributed by atoms with van der Waals surface area (Å²) in [6, 6.07) is 2.24. The molecule has 1 atom stereocenters. The van der Waals surface area contributed by atoms with Gasteiger partial charge in [0.1, 0.15) is 6.61 Å². The van der Waals surface area contributed by atoms with Gasteiger partial charge in [0.05, 0.1) is 15.0 Å². The number of nitrogens with zero attached hydrogens (tertiary/aromatic N) is 1. The molecule has 0 aliphatic rings. The lowest BCUT2D eigenvalue weighted by Crippen LogP contribution is -2.23. The monoisotopic (exact) mass is 264 g/mol. The molecule has 7 heteroatoms. The van der Waals surface area contributed by atoms with Crippen molar-refractivity contribution in [2.45, 2.75) is 13.0 Å². The van der Waals surface area contributed by atoms with Crippen LogP contribution in [0.15, 0.2) is 12.1 Å². The number of nitro benzene ring substituents is 1. The third-order valence-electron chi connectivity index (χ3n) is 1.70. The van der Waals surface area contributed by atoms with Crippen molar-refractivity contribution >= 4 is 28.9 Å². The number of ether oxygens (including phenoxy) is 1. The van der Waals surface area contributed by atoms with E-state index in [-0.39, 0.29) is 34.1 Å². The Morgan fingerprint density at radius 2 is 2.06 bits per heavy atom. The minimum atomic E-state index is -0.585. The van der Waals surface area contributed by atoms with E-state index in [2.05, 4.69) is 0 Å². The van der Waals surface area contributed by atoms with Crippen LogP contribution in [0.2, 0.25) is 10.0 Å². The zero-order valence-corrected chi connectivity index (χ0v) is 9.96. The molecule has 0 bridgehead atoms. The fourth-order valence-electron chi connectivity index (χ4n) is 0.998. The summed E-state index contributed by atoms with van der Waals surface area (Å²) < 4.78 is 5.19. The predicted molar refractivity (Wildman–Crippen MR) is 62.3 cm³/mol. The number of hydrogen-bond donors (Lipinski definition) is 1. The van der Waals surface area contributed by atoms with Gasteiger partial charge in [0.15, 0.2) is 5.75 Å². The van der Waals surface area contributed by atoms with E-state index in [4.69, 9.17) is 33.7 Å². The fourth-order valence-corrected chi connectivity index (χ4v) is 1.31. The van der Waals surface area contributed by atoms with Gasteiger partial charge >= 0.3 is 5.69 Å². The van der Waals surface area contributed by atoms with Crippen molar-refractivity contribution < 1.29 is 9.66 Å². The lowest BCUT2D eigenvalue weighted by Gasteiger charge is -2.09. The fraction of sp³-hybridized carbons (Fsp3) is 0.333. The molecule has 0 heterocycles. The molecule has 0 saturated heterocycles. The molecule has 88 valence electrons. The van der Waals surface area contributed by atoms with E-state index >= 15 is 0 Å². The summed E-state index contributed by atoms with van der Waals surface area (Å²) in [6.45, 7) is 1.89. The van der Waals surface area contributed by atoms with Crippen molar-refractivity contribution in [2.75, 3.05) is 6.61 Å². The summed E-state index contributed by atoms with van der Waals surface area (Å²) in [4.78, 5) is 10.1. The Morgan fingerprint density at radius 3 is 2.56 bits per heavy atom. The van der Waals surface area contributed by atoms with Crippen LogP contribution >= 0.6 is 23.2 Å². The van der Waals surface area contributed by atoms with Crippen LogP contribution in [0.3, 0.4) is 0 Å². The van der Waals surface area contributed by atoms with E-state index < -0.39 is 4.92 Å². The molecule has 0 spiro atoms. The molecule has 0 amide bonds. The molecule has 0 radical (unpaired) electrons. The zero-order valence-electron chi connectivity index (χ0n) is 8.44. The van der Waals surface area contributed by atoms with Crippen molar-refractivity contribution in [3.63, 3.8) is 0 Å². The summed E-state index contributed by atoms with van der Waals surface area (Å²) in [5.41, 5.74) is 5.25. The second-order valence-electron chi connectivity index (χ2n) is 3.28. The molecule has 1 aromatic rings. The Balaban J connectivity index is 3.05. The topological polar surface area (TPSA) is 78.4 Å². The molecule has 16 heavy (non-hydrogen) atoms. The first-order valence-corrected chi connectivity index (χ1v) is 5.19. The average Bonchev–Trinajstić information content (AvgIpc) is 2.18. The highest BCUT2D eigenvalue weighted by atomic mass is 35.5. The highest BCUT2D eigenvalue weighted by Crippen LogP contribution is 2.35. The minimum absolute atomic E-state index is 0.0664. The normalized spacial score (nSPS) is 12.2. The summed E-state index contributed by atoms with van der Waals surface area (Å²) in [5, 5.41) is 11.0. The second kappa shape index (κ2) is 5.34. The maximum absolute atomic E-state index is 10.7. The van der Waals surface area contributed by atoms with Crippen molar-refractivity contribution in [1.82, 2.24) is 0 Å². The van der Waals surface area contributed by atoms with Gasteiger partial charge in [-0.1, -0.05) is 23.2 Å². The molecule has 0 saturated carbocycles. The SMILES string of the molecule is CC(N)COc1cc(Cl)c(Cl)cc1[N+](=O)[O-]. The Labute approximate surface area is 102 Å². The number of nitrogens with two attached hydrogens (primary N) is 1. The van der Waals surface area contributed by atoms with E-state index in [1.54, 1.807) is 6.92 Å². The molecule has 0 fully saturated rings. The third-order valence-corrected chi connectivity index (χ3v) is 2.42. The van der Waals surface area contributed by atoms with E-state index in [0.29, 0.717) is 0 Å². The summed E-state index contributed by atoms with van der Waals surface area (Å²) >= 11 is 11.4. The molecular weight excluding hydrogens is 255 g/mol. The molecule has 0 aromatic heterocycles. The first-order chi connectivity index (χ1) is 7.41. The van der Waals surface area contributed by atoms with Crippen molar-refractivity contribution in [3.05, 3.63) is 32.3 Å². The van der Waals surface area contributed by atoms with E-state index in [1.165, 1.54) is 6.07 Å². The van der Waals surface area contributed by atoms with Crippen LogP contribution in [0.25, 0.3) is 0 Å². The first kappa shape index (κ1) is 13.0. The van der Waals surface area contributed by atoms with Crippen LogP contribution in [0, 0.1) is 10.1 Å². The van der Waals surface area contributed by atoms with Crippen LogP contribution in [-0.4, -0.2) is 17.6 Å². The highest BCUT2D eigenvalue weighted by Gasteiger charge is 2.18. The van der Waals surface area contributed by atoms with Gasteiger partial charge in [-0.25, -0.2) is 0 Å². The first-order valence-electron chi connectivity index (χ1n) is 4.43. The number of nitro groups is 1. The molecule has 1 unspecified atom stereocenters. The smallest absolute Gasteiger partial charge is 0.312 e. The summed E-state index contributed by atoms with van der Waals surface area (Å²) in [7, 11) is 0. The Hall–Kier alpha value is -1.04. The standard InChI is InChI=1S/C9H10Cl2N2O3/c1-5(12)4-16-9-3-7(11)6(10)2-8(9)13(14)15/h2-3,5H,4,12H2,1H3. The largest absolute Gasteiger partial charge is 0.485 e. The molecule has 2 N–H and O–H groups in total. The van der Waals surface area contributed by atoms with E-state index in [1.807, 2.05) is 0 Å². The lowest BCUT2D eigenvalue weighted by atomic mass is 10.3. The second-order valence-corrected chi connectivity index (χ2v) is 4.09. The number of rotatable bonds is 4. The van der Waals surface area contributed by atoms with E-state index in [9.17, 15) is 10.1 Å². The Bertz CT molecular complexity index is 410. The number of halogens is 2. The molecule has 1 rings (SSSR count). The van der Waals surface area contributed by atoms with Crippen molar-refractivity contribution in [1.29, 1.82) is 0 Å². The van der Waals surface area contributed by atoms with Gasteiger partial charge in [-0.3, -0.25) is 10.1 Å². The maximum atomic E-state index is 10.7. The zero-order chi connectivity index (χ0) is 12.3. The van der Waals surface area contributed by atoms with Gasteiger partial charge in [0, 0.05) is 18.2 Å². The molecule has 1 aromatic carbocycles. The lowest BCUT2D eigenvalue weighted by molar-refractivity contribution is -0.385. The van der Waals surface area contributed by atoms with Gasteiger partial charge in [-0.15, -0.1) is 0 Å². The molecule has 0 aliphatic heterocycles. The van der Waals surface area contributed by atoms with Crippen molar-refractivity contribution in [3.8, 4) is 5.75 Å². The van der Waals surface area contributed by atoms with Gasteiger partial charge in [-0.05, 0) is 6.92 Å². The van der Waals surface area contributed by atoms with Crippen molar-refractivity contribution in [2.24, 2.45) is 5.73 Å². The van der Waals surface area contributed by atoms with E-state index in [0.717, 1.165) is 6.07 Å². The minimum Gasteiger partial charge on any atom is -0.485 e. The Kier molecular flexibility index (Phi) is 4.35. The number of hydrogen-bond acceptors (Lipinski definition) is 4. The van der Waals surface area contributed by atoms with Crippen LogP contribution < -0.4 is 10.5 Å². The van der Waals surface area contributed by atoms with Crippen LogP contribution in [0.5, 0.6) is 5.75 Å². The average molecular weight is 265 g/mol. The molecule has 5 nitrogen and oxygen atoms in total. The van der Waals surface area contributed by atoms with Crippen LogP contribution in [0.1, 0.15) is 6.92 Å². The van der Waals surface area contributed by atoms with Gasteiger partial charge in [0.2, 0.25) is 0 Å². The summed E-state index contributed by atoms with van der Waals surface area (Å²) in [6.07, 6.45) is 0. The van der Waals surface area contributed by atoms with Crippen LogP contribution in [0.4, 0.5) is 5.69 Å². The number of benzene rings is 1. The Morgan fingerprint density at radius 1 is 1.50 bits per heavy atom. The summed E-state index contributed by atoms with van der Waals surface area (Å²) in [5.74, 6) is 0.0664. The van der Waals surface area contributed by atoms with Crippen LogP contribution in [-0.2, 0) is 0 Å². The molecule has 0 aliphatic carbocycles. The predicted octanol–water partition coefficient (Wildman–Crippen LogP) is 2.63. The van der Waals surface area contributed by atoms with Gasteiger partial charge < -0.3 is 10.5 Å².